The minimum absolute atomic E-state index is 0.0539. The number of likely N-dealkylation sites (tertiary alicyclic amines) is 1. The second-order valence-corrected chi connectivity index (χ2v) is 7.23. The highest BCUT2D eigenvalue weighted by Crippen LogP contribution is 2.62. The number of carbonyl (C=O) groups is 1. The van der Waals surface area contributed by atoms with Crippen molar-refractivity contribution in [3.05, 3.63) is 24.0 Å². The fraction of sp³-hybridized carbons (Fsp3) is 0.438. The Balaban J connectivity index is 1.43. The number of aromatic amines is 1. The summed E-state index contributed by atoms with van der Waals surface area (Å²) < 4.78 is 5.95. The molecule has 2 aromatic heterocycles. The minimum Gasteiger partial charge on any atom is -0.423 e. The van der Waals surface area contributed by atoms with Gasteiger partial charge in [-0.15, -0.1) is 0 Å². The van der Waals surface area contributed by atoms with Crippen molar-refractivity contribution >= 4 is 29.5 Å². The van der Waals surface area contributed by atoms with Gasteiger partial charge >= 0.3 is 7.12 Å². The molecule has 1 saturated heterocycles. The van der Waals surface area contributed by atoms with Gasteiger partial charge in [0, 0.05) is 41.7 Å². The van der Waals surface area contributed by atoms with E-state index in [9.17, 15) is 9.82 Å². The molecule has 8 heteroatoms. The second-order valence-electron chi connectivity index (χ2n) is 7.23. The van der Waals surface area contributed by atoms with Gasteiger partial charge in [0.25, 0.3) is 0 Å². The smallest absolute Gasteiger partial charge is 0.423 e. The first-order valence-electron chi connectivity index (χ1n) is 8.03. The first-order chi connectivity index (χ1) is 11.6. The molecule has 3 aliphatic rings. The Kier molecular flexibility index (Phi) is 2.56. The van der Waals surface area contributed by atoms with Crippen molar-refractivity contribution in [2.24, 2.45) is 5.41 Å². The molecule has 1 amide bonds. The molecule has 1 saturated carbocycles. The van der Waals surface area contributed by atoms with Crippen molar-refractivity contribution in [3.8, 4) is 6.07 Å². The molecule has 1 aliphatic carbocycles. The quantitative estimate of drug-likeness (QED) is 0.720. The Morgan fingerprint density at radius 3 is 3.08 bits per heavy atom. The Morgan fingerprint density at radius 2 is 2.33 bits per heavy atom. The van der Waals surface area contributed by atoms with Gasteiger partial charge in [-0.05, 0) is 24.5 Å². The topological polar surface area (TPSA) is 102 Å². The Bertz CT molecular complexity index is 904. The number of carbonyl (C=O) groups excluding carboxylic acids is 1. The van der Waals surface area contributed by atoms with Crippen LogP contribution in [0.1, 0.15) is 24.8 Å². The summed E-state index contributed by atoms with van der Waals surface area (Å²) in [5.41, 5.74) is 2.15. The summed E-state index contributed by atoms with van der Waals surface area (Å²) in [4.78, 5) is 21.0. The van der Waals surface area contributed by atoms with Crippen LogP contribution in [0.2, 0.25) is 0 Å². The van der Waals surface area contributed by atoms with E-state index in [1.165, 1.54) is 0 Å². The fourth-order valence-corrected chi connectivity index (χ4v) is 4.82. The molecule has 0 atom stereocenters. The number of hydrogen-bond acceptors (Lipinski definition) is 5. The molecule has 24 heavy (non-hydrogen) atoms. The molecular formula is C16H15BN4O3. The molecule has 7 nitrogen and oxygen atoms in total. The molecular weight excluding hydrogens is 307 g/mol. The number of nitrogens with one attached hydrogen (secondary N) is 1. The number of pyridine rings is 1. The third-order valence-electron chi connectivity index (χ3n) is 5.63. The average molecular weight is 322 g/mol. The molecule has 2 aliphatic heterocycles. The molecule has 2 fully saturated rings. The molecule has 4 heterocycles. The van der Waals surface area contributed by atoms with Gasteiger partial charge in [-0.25, -0.2) is 4.98 Å². The van der Waals surface area contributed by atoms with Crippen molar-refractivity contribution in [2.75, 3.05) is 13.1 Å². The zero-order valence-corrected chi connectivity index (χ0v) is 13.0. The number of amides is 1. The summed E-state index contributed by atoms with van der Waals surface area (Å²) in [6, 6.07) is 3.88. The monoisotopic (exact) mass is 322 g/mol. The van der Waals surface area contributed by atoms with Crippen LogP contribution in [0.3, 0.4) is 0 Å². The Morgan fingerprint density at radius 1 is 1.54 bits per heavy atom. The van der Waals surface area contributed by atoms with Crippen LogP contribution in [0.15, 0.2) is 18.5 Å². The second kappa shape index (κ2) is 4.38. The van der Waals surface area contributed by atoms with Gasteiger partial charge in [0.05, 0.1) is 11.7 Å². The lowest BCUT2D eigenvalue weighted by Gasteiger charge is -2.63. The largest absolute Gasteiger partial charge is 0.493 e. The molecule has 0 aromatic carbocycles. The summed E-state index contributed by atoms with van der Waals surface area (Å²) in [6.07, 6.45) is 5.03. The van der Waals surface area contributed by atoms with Crippen molar-refractivity contribution in [1.82, 2.24) is 14.9 Å². The summed E-state index contributed by atoms with van der Waals surface area (Å²) in [7, 11) is -0.944. The fourth-order valence-electron chi connectivity index (χ4n) is 4.82. The van der Waals surface area contributed by atoms with Crippen LogP contribution < -0.4 is 5.46 Å². The van der Waals surface area contributed by atoms with Crippen LogP contribution in [-0.4, -0.2) is 46.0 Å². The van der Waals surface area contributed by atoms with E-state index >= 15 is 0 Å². The molecule has 0 radical (unpaired) electrons. The predicted octanol–water partition coefficient (Wildman–Crippen LogP) is 0.0120. The maximum Gasteiger partial charge on any atom is 0.493 e. The van der Waals surface area contributed by atoms with E-state index in [-0.39, 0.29) is 17.7 Å². The van der Waals surface area contributed by atoms with Gasteiger partial charge in [-0.1, -0.05) is 0 Å². The van der Waals surface area contributed by atoms with E-state index < -0.39 is 12.7 Å². The van der Waals surface area contributed by atoms with E-state index in [1.54, 1.807) is 11.1 Å². The lowest BCUT2D eigenvalue weighted by Crippen LogP contribution is -2.68. The highest BCUT2D eigenvalue weighted by molar-refractivity contribution is 6.62. The molecule has 0 bridgehead atoms. The molecule has 2 spiro atoms. The van der Waals surface area contributed by atoms with Crippen molar-refractivity contribution < 1.29 is 14.5 Å². The number of hydrogen-bond donors (Lipinski definition) is 2. The number of fused-ring (bicyclic) bond motifs is 4. The first-order valence-corrected chi connectivity index (χ1v) is 8.03. The highest BCUT2D eigenvalue weighted by atomic mass is 16.5. The zero-order chi connectivity index (χ0) is 16.5. The van der Waals surface area contributed by atoms with Gasteiger partial charge in [0.1, 0.15) is 12.1 Å². The van der Waals surface area contributed by atoms with E-state index in [0.717, 1.165) is 34.9 Å². The Hall–Kier alpha value is -2.37. The normalized spacial score (nSPS) is 22.3. The van der Waals surface area contributed by atoms with Crippen LogP contribution in [-0.2, 0) is 15.0 Å². The van der Waals surface area contributed by atoms with Crippen molar-refractivity contribution in [2.45, 2.75) is 24.9 Å². The zero-order valence-electron chi connectivity index (χ0n) is 13.0. The molecule has 5 rings (SSSR count). The SMILES string of the molecule is N#CCC(=O)N1CC2(C1)CC1(C2)OB(O)c2cnc3[nH]ccc3c21. The summed E-state index contributed by atoms with van der Waals surface area (Å²) in [5, 5.41) is 19.9. The van der Waals surface area contributed by atoms with Crippen molar-refractivity contribution in [1.29, 1.82) is 5.26 Å². The van der Waals surface area contributed by atoms with Gasteiger partial charge in [0.2, 0.25) is 5.91 Å². The summed E-state index contributed by atoms with van der Waals surface area (Å²) in [6.45, 7) is 1.34. The lowest BCUT2D eigenvalue weighted by atomic mass is 9.53. The maximum absolute atomic E-state index is 11.8. The Labute approximate surface area is 138 Å². The molecule has 2 N–H and O–H groups in total. The van der Waals surface area contributed by atoms with E-state index in [4.69, 9.17) is 9.92 Å². The first kappa shape index (κ1) is 14.0. The minimum atomic E-state index is -0.944. The number of H-pyrrole nitrogens is 1. The van der Waals surface area contributed by atoms with Gasteiger partial charge in [-0.2, -0.15) is 5.26 Å². The number of nitrogens with zero attached hydrogens (tertiary/aromatic N) is 3. The standard InChI is InChI=1S/C16H15BN4O3/c18-3-1-12(22)21-8-15(9-21)6-16(7-15)13-10-2-4-19-14(10)20-5-11(13)17(23)24-16/h2,4-5,23H,1,6-9H2,(H,19,20). The van der Waals surface area contributed by atoms with Gasteiger partial charge in [0.15, 0.2) is 0 Å². The van der Waals surface area contributed by atoms with Crippen LogP contribution >= 0.6 is 0 Å². The predicted molar refractivity (Wildman–Crippen MR) is 84.9 cm³/mol. The van der Waals surface area contributed by atoms with Gasteiger partial charge < -0.3 is 19.6 Å². The molecule has 2 aromatic rings. The van der Waals surface area contributed by atoms with Crippen molar-refractivity contribution in [3.63, 3.8) is 0 Å². The number of nitriles is 1. The lowest BCUT2D eigenvalue weighted by molar-refractivity contribution is -0.189. The van der Waals surface area contributed by atoms with Crippen LogP contribution in [0, 0.1) is 16.7 Å². The van der Waals surface area contributed by atoms with E-state index in [0.29, 0.717) is 13.1 Å². The van der Waals surface area contributed by atoms with Crippen LogP contribution in [0.5, 0.6) is 0 Å². The highest BCUT2D eigenvalue weighted by Gasteiger charge is 2.66. The van der Waals surface area contributed by atoms with Gasteiger partial charge in [-0.3, -0.25) is 4.79 Å². The van der Waals surface area contributed by atoms with Crippen LogP contribution in [0.4, 0.5) is 0 Å². The molecule has 0 unspecified atom stereocenters. The summed E-state index contributed by atoms with van der Waals surface area (Å²) >= 11 is 0. The average Bonchev–Trinajstić information content (AvgIpc) is 3.05. The maximum atomic E-state index is 11.8. The van der Waals surface area contributed by atoms with Crippen LogP contribution in [0.25, 0.3) is 11.0 Å². The van der Waals surface area contributed by atoms with E-state index in [2.05, 4.69) is 9.97 Å². The third kappa shape index (κ3) is 1.63. The number of aromatic nitrogens is 2. The van der Waals surface area contributed by atoms with E-state index in [1.807, 2.05) is 18.3 Å². The molecule has 120 valence electrons. The summed E-state index contributed by atoms with van der Waals surface area (Å²) in [5.74, 6) is -0.103. The number of rotatable bonds is 1. The third-order valence-corrected chi connectivity index (χ3v) is 5.63.